The van der Waals surface area contributed by atoms with Crippen LogP contribution in [-0.2, 0) is 32.7 Å². The number of thioether (sulfide) groups is 1. The normalized spacial score (nSPS) is 25.9. The number of hydrogen-bond acceptors (Lipinski definition) is 12. The van der Waals surface area contributed by atoms with Crippen LogP contribution < -0.4 is 37.4 Å². The summed E-state index contributed by atoms with van der Waals surface area (Å²) in [6.45, 7) is 1.01. The minimum atomic E-state index is -4.60. The van der Waals surface area contributed by atoms with Gasteiger partial charge in [0.2, 0.25) is 11.8 Å². The van der Waals surface area contributed by atoms with Gasteiger partial charge in [-0.15, -0.1) is 0 Å². The zero-order chi connectivity index (χ0) is 35.4. The predicted octanol–water partition coefficient (Wildman–Crippen LogP) is 0.502. The Hall–Kier alpha value is -2.99. The Morgan fingerprint density at radius 3 is 2.59 bits per heavy atom. The topological polar surface area (TPSA) is 231 Å². The molecule has 0 saturated carbocycles. The van der Waals surface area contributed by atoms with Gasteiger partial charge in [0, 0.05) is 63.4 Å². The molecule has 17 nitrogen and oxygen atoms in total. The van der Waals surface area contributed by atoms with Gasteiger partial charge in [-0.25, -0.2) is 9.59 Å². The predicted molar refractivity (Wildman–Crippen MR) is 179 cm³/mol. The molecule has 4 heterocycles. The lowest BCUT2D eigenvalue weighted by molar-refractivity contribution is -0.229. The fraction of sp³-hybridized carbons (Fsp3) is 0.700. The van der Waals surface area contributed by atoms with E-state index in [1.807, 2.05) is 11.8 Å². The van der Waals surface area contributed by atoms with Crippen molar-refractivity contribution in [3.63, 3.8) is 0 Å². The molecule has 4 rings (SSSR count). The van der Waals surface area contributed by atoms with Crippen molar-refractivity contribution in [2.75, 3.05) is 39.7 Å². The highest BCUT2D eigenvalue weighted by Gasteiger charge is 2.42. The molecule has 5 unspecified atom stereocenters. The Labute approximate surface area is 288 Å². The van der Waals surface area contributed by atoms with Crippen molar-refractivity contribution in [3.05, 3.63) is 38.7 Å². The molecule has 3 aliphatic rings. The number of nitrogens with zero attached hydrogens (tertiary/aromatic N) is 1. The van der Waals surface area contributed by atoms with Crippen molar-refractivity contribution in [1.82, 2.24) is 30.8 Å². The first-order chi connectivity index (χ1) is 23.5. The summed E-state index contributed by atoms with van der Waals surface area (Å²) in [5.41, 5.74) is -1.47. The Balaban J connectivity index is 1.09. The van der Waals surface area contributed by atoms with Crippen molar-refractivity contribution < 1.29 is 42.4 Å². The fourth-order valence-corrected chi connectivity index (χ4v) is 8.15. The molecule has 1 aromatic rings. The lowest BCUT2D eigenvalue weighted by atomic mass is 10.0. The average Bonchev–Trinajstić information content (AvgIpc) is 3.74. The van der Waals surface area contributed by atoms with Crippen LogP contribution in [0.15, 0.2) is 21.9 Å². The molecule has 274 valence electrons. The minimum absolute atomic E-state index is 0.0158. The number of fused-ring (bicyclic) bond motifs is 1. The molecular formula is C30H46N6O11PS-. The van der Waals surface area contributed by atoms with E-state index in [0.717, 1.165) is 62.4 Å². The van der Waals surface area contributed by atoms with Crippen LogP contribution >= 0.6 is 19.6 Å². The summed E-state index contributed by atoms with van der Waals surface area (Å²) in [7, 11) is -2.24. The van der Waals surface area contributed by atoms with Crippen molar-refractivity contribution in [2.24, 2.45) is 0 Å². The molecule has 1 aromatic heterocycles. The second-order valence-electron chi connectivity index (χ2n) is 12.1. The van der Waals surface area contributed by atoms with E-state index in [1.165, 1.54) is 25.5 Å². The van der Waals surface area contributed by atoms with Gasteiger partial charge in [-0.2, -0.15) is 11.8 Å². The van der Waals surface area contributed by atoms with Gasteiger partial charge in [0.1, 0.15) is 12.3 Å². The second-order valence-corrected chi connectivity index (χ2v) is 14.8. The number of amides is 4. The van der Waals surface area contributed by atoms with E-state index in [1.54, 1.807) is 0 Å². The number of urea groups is 1. The van der Waals surface area contributed by atoms with E-state index < -0.39 is 43.4 Å². The molecular weight excluding hydrogens is 683 g/mol. The van der Waals surface area contributed by atoms with Crippen LogP contribution in [0.25, 0.3) is 6.08 Å². The van der Waals surface area contributed by atoms with Crippen molar-refractivity contribution >= 4 is 43.5 Å². The third-order valence-corrected chi connectivity index (χ3v) is 11.0. The number of ether oxygens (including phenoxy) is 2. The summed E-state index contributed by atoms with van der Waals surface area (Å²) in [6, 6.07) is 0.325. The van der Waals surface area contributed by atoms with Gasteiger partial charge in [-0.3, -0.25) is 28.5 Å². The van der Waals surface area contributed by atoms with E-state index in [2.05, 4.69) is 30.8 Å². The first-order valence-corrected chi connectivity index (χ1v) is 19.0. The van der Waals surface area contributed by atoms with Gasteiger partial charge < -0.3 is 44.7 Å². The van der Waals surface area contributed by atoms with Crippen molar-refractivity contribution in [3.8, 4) is 0 Å². The summed E-state index contributed by atoms with van der Waals surface area (Å²) >= 11 is 1.88. The Morgan fingerprint density at radius 2 is 1.86 bits per heavy atom. The molecule has 0 spiro atoms. The van der Waals surface area contributed by atoms with Crippen molar-refractivity contribution in [1.29, 1.82) is 0 Å². The molecule has 3 saturated heterocycles. The monoisotopic (exact) mass is 729 g/mol. The van der Waals surface area contributed by atoms with E-state index in [-0.39, 0.29) is 42.6 Å². The number of rotatable bonds is 20. The van der Waals surface area contributed by atoms with Crippen molar-refractivity contribution in [2.45, 2.75) is 93.6 Å². The number of aromatic nitrogens is 2. The summed E-state index contributed by atoms with van der Waals surface area (Å²) < 4.78 is 33.2. The van der Waals surface area contributed by atoms with Gasteiger partial charge in [-0.1, -0.05) is 19.3 Å². The first kappa shape index (κ1) is 38.8. The maximum atomic E-state index is 12.5. The first-order valence-electron chi connectivity index (χ1n) is 16.5. The molecule has 7 atom stereocenters. The molecule has 5 N–H and O–H groups in total. The second kappa shape index (κ2) is 18.8. The zero-order valence-corrected chi connectivity index (χ0v) is 29.4. The number of phosphoric ester groups is 1. The highest BCUT2D eigenvalue weighted by Crippen LogP contribution is 2.44. The summed E-state index contributed by atoms with van der Waals surface area (Å²) in [5.74, 6) is 0.558. The van der Waals surface area contributed by atoms with E-state index in [4.69, 9.17) is 14.0 Å². The van der Waals surface area contributed by atoms with E-state index in [0.29, 0.717) is 24.8 Å². The van der Waals surface area contributed by atoms with E-state index >= 15 is 0 Å². The van der Waals surface area contributed by atoms with Crippen LogP contribution in [0.1, 0.15) is 69.6 Å². The Bertz CT molecular complexity index is 1490. The number of phosphoric acid groups is 1. The smallest absolute Gasteiger partial charge is 0.330 e. The lowest BCUT2D eigenvalue weighted by Crippen LogP contribution is -2.36. The third-order valence-electron chi connectivity index (χ3n) is 8.52. The van der Waals surface area contributed by atoms with Gasteiger partial charge in [0.25, 0.3) is 13.4 Å². The quantitative estimate of drug-likeness (QED) is 0.0535. The van der Waals surface area contributed by atoms with E-state index in [9.17, 15) is 33.4 Å². The maximum absolute atomic E-state index is 12.5. The summed E-state index contributed by atoms with van der Waals surface area (Å²) in [5, 5.41) is 12.0. The van der Waals surface area contributed by atoms with Crippen LogP contribution in [0.4, 0.5) is 4.79 Å². The maximum Gasteiger partial charge on any atom is 0.330 e. The Kier molecular flexibility index (Phi) is 14.9. The molecule has 0 aromatic carbocycles. The molecule has 19 heteroatoms. The fourth-order valence-electron chi connectivity index (χ4n) is 5.97. The number of carbonyl (C=O) groups is 3. The number of unbranched alkanes of at least 4 members (excludes halogenated alkanes) is 4. The molecule has 0 bridgehead atoms. The minimum Gasteiger partial charge on any atom is -0.756 e. The number of aromatic amines is 1. The number of nitrogens with one attached hydrogen (secondary N) is 5. The lowest BCUT2D eigenvalue weighted by Gasteiger charge is -2.26. The summed E-state index contributed by atoms with van der Waals surface area (Å²) in [6.07, 6.45) is 7.39. The van der Waals surface area contributed by atoms with Crippen LogP contribution in [0.3, 0.4) is 0 Å². The van der Waals surface area contributed by atoms with Crippen LogP contribution in [0.2, 0.25) is 0 Å². The van der Waals surface area contributed by atoms with Gasteiger partial charge in [0.15, 0.2) is 0 Å². The molecule has 0 aliphatic carbocycles. The number of methoxy groups -OCH3 is 1. The van der Waals surface area contributed by atoms with Gasteiger partial charge in [-0.05, 0) is 31.8 Å². The zero-order valence-electron chi connectivity index (χ0n) is 27.7. The van der Waals surface area contributed by atoms with Gasteiger partial charge in [0.05, 0.1) is 30.4 Å². The molecule has 0 radical (unpaired) electrons. The Morgan fingerprint density at radius 1 is 1.10 bits per heavy atom. The van der Waals surface area contributed by atoms with Crippen LogP contribution in [-0.4, -0.2) is 96.6 Å². The van der Waals surface area contributed by atoms with Gasteiger partial charge >= 0.3 is 11.7 Å². The molecule has 4 amide bonds. The number of hydrogen-bond donors (Lipinski definition) is 5. The highest BCUT2D eigenvalue weighted by molar-refractivity contribution is 8.00. The largest absolute Gasteiger partial charge is 0.756 e. The third kappa shape index (κ3) is 11.8. The summed E-state index contributed by atoms with van der Waals surface area (Å²) in [4.78, 5) is 74.9. The van der Waals surface area contributed by atoms with Crippen LogP contribution in [0, 0.1) is 0 Å². The SMILES string of the molecule is COC[C@H]1O[C@@H](n2cc(/C=C/C(=O)NCCCCCCNC(=O)CCCCC3SCC4NC(=O)NC43)c(=O)[nH]c2=O)CC1OP(=O)([O-])OC. The number of carbonyl (C=O) groups excluding carboxylic acids is 3. The highest BCUT2D eigenvalue weighted by atomic mass is 32.2. The molecule has 3 aliphatic heterocycles. The molecule has 3 fully saturated rings. The molecule has 49 heavy (non-hydrogen) atoms. The standard InChI is InChI=1S/C30H47N6O11PS/c1-44-17-22-21(47-48(42,43)45-2)15-26(46-22)36-16-19(28(39)35-30(36)41)11-12-25(38)32-14-8-4-3-7-13-31-24(37)10-6-5-9-23-27-20(18-49-23)33-29(40)34-27/h11-12,16,20-23,26-27H,3-10,13-15,17-18H2,1-2H3,(H,31,37)(H,32,38)(H,42,43)(H2,33,34,40)(H,35,39,41)/p-1/b12-11+/t20?,21?,22-,23?,26-,27?/m1/s1. The van der Waals surface area contributed by atoms with Crippen LogP contribution in [0.5, 0.6) is 0 Å². The average molecular weight is 730 g/mol. The number of H-pyrrole nitrogens is 1.